The van der Waals surface area contributed by atoms with Crippen LogP contribution in [0.1, 0.15) is 39.5 Å². The molecule has 3 aromatic heterocycles. The first-order chi connectivity index (χ1) is 51.2. The number of carboxylic acids is 1. The molecule has 15 rings (SSSR count). The first-order valence-electron chi connectivity index (χ1n) is 33.8. The van der Waals surface area contributed by atoms with Crippen LogP contribution in [0.2, 0.25) is 0 Å². The van der Waals surface area contributed by atoms with Crippen molar-refractivity contribution in [3.63, 3.8) is 0 Å². The lowest BCUT2D eigenvalue weighted by atomic mass is 9.84. The quantitative estimate of drug-likeness (QED) is 0.0135. The van der Waals surface area contributed by atoms with E-state index in [1.807, 2.05) is 218 Å². The zero-order chi connectivity index (χ0) is 72.9. The largest absolute Gasteiger partial charge is 0.489 e. The highest BCUT2D eigenvalue weighted by molar-refractivity contribution is 6.00. The van der Waals surface area contributed by atoms with Crippen molar-refractivity contribution in [2.24, 2.45) is 17.8 Å². The van der Waals surface area contributed by atoms with Crippen LogP contribution in [0.3, 0.4) is 0 Å². The summed E-state index contributed by atoms with van der Waals surface area (Å²) in [6.07, 6.45) is 0.0364. The van der Waals surface area contributed by atoms with Crippen molar-refractivity contribution in [1.29, 1.82) is 0 Å². The number of aromatic nitrogens is 3. The van der Waals surface area contributed by atoms with E-state index in [4.69, 9.17) is 49.4 Å². The molecule has 1 unspecified atom stereocenters. The van der Waals surface area contributed by atoms with Crippen LogP contribution in [0, 0.1) is 17.8 Å². The van der Waals surface area contributed by atoms with Crippen LogP contribution in [-0.4, -0.2) is 97.2 Å². The van der Waals surface area contributed by atoms with Crippen molar-refractivity contribution in [3.05, 3.63) is 288 Å². The number of benzene rings is 9. The molecule has 526 valence electrons. The van der Waals surface area contributed by atoms with Crippen LogP contribution in [0.4, 0.5) is 0 Å². The van der Waals surface area contributed by atoms with Crippen molar-refractivity contribution in [3.8, 4) is 51.0 Å². The van der Waals surface area contributed by atoms with Crippen molar-refractivity contribution < 1.29 is 68.0 Å². The van der Waals surface area contributed by atoms with Gasteiger partial charge < -0.3 is 40.0 Å². The van der Waals surface area contributed by atoms with Gasteiger partial charge in [-0.15, -0.1) is 0 Å². The summed E-state index contributed by atoms with van der Waals surface area (Å²) in [6.45, 7) is 0.764. The number of β-lactam (4-membered cyclic amide) rings is 3. The first kappa shape index (κ1) is 70.3. The number of aliphatic carboxylic acids is 1. The average Bonchev–Trinajstić information content (AvgIpc) is 0.786. The number of amides is 5. The Morgan fingerprint density at radius 1 is 0.419 bits per heavy atom. The third kappa shape index (κ3) is 16.3. The van der Waals surface area contributed by atoms with Crippen LogP contribution in [-0.2, 0) is 70.8 Å². The Hall–Kier alpha value is -13.2. The fourth-order valence-electron chi connectivity index (χ4n) is 12.9. The standard InChI is InChI=1S/C29H25N3O6.C27H23N3O4.C27H22N2O4/c1-37-29(35)26(21-16-24(18-7-3-2-4-8-18)30-23-10-6-5-9-20(21)23)38-19-13-11-17(12-14-19)15-22-25(28(34)32-36)31-27(22)33;31-26-22(25(29-26)27(32)30-33)14-17-10-12-20(13-11-17)34-16-19-15-24(18-6-2-1-3-7-18)28-23-9-5-4-8-21(19)23;30-26-22(25(29-26)27(31)32)14-17-10-12-20(13-11-17)33-16-19-15-24(18-6-2-1-3-7-18)28-23-9-5-4-8-21(19)23/h2-14,16,22,25-26,36H,15H2,1H3,(H,31,33)(H,32,34);1-13,15,22,25,33H,14,16H2,(H,29,31)(H,30,32);1-13,15,22,25H,14,16H2,(H,29,30)(H,31,32)/t22-,25+,26?;2*22-,25+/m111/s1. The number of nitrogens with one attached hydrogen (secondary N) is 5. The number of carbonyl (C=O) groups excluding carboxylic acids is 6. The van der Waals surface area contributed by atoms with Crippen molar-refractivity contribution in [1.82, 2.24) is 41.9 Å². The number of nitrogens with zero attached hydrogens (tertiary/aromatic N) is 3. The monoisotopic (exact) mass is 1400 g/mol. The van der Waals surface area contributed by atoms with E-state index in [1.165, 1.54) is 7.11 Å². The van der Waals surface area contributed by atoms with Gasteiger partial charge in [-0.05, 0) is 109 Å². The second kappa shape index (κ2) is 32.2. The molecule has 5 amide bonds. The minimum absolute atomic E-state index is 0.201. The molecule has 0 aliphatic carbocycles. The predicted molar refractivity (Wildman–Crippen MR) is 390 cm³/mol. The predicted octanol–water partition coefficient (Wildman–Crippen LogP) is 11.2. The van der Waals surface area contributed by atoms with Gasteiger partial charge in [-0.2, -0.15) is 0 Å². The molecule has 12 aromatic rings. The van der Waals surface area contributed by atoms with E-state index in [2.05, 4.69) is 28.1 Å². The summed E-state index contributed by atoms with van der Waals surface area (Å²) in [6, 6.07) is 78.9. The number of esters is 1. The molecule has 3 fully saturated rings. The fraction of sp³-hybridized carbons (Fsp3) is 0.157. The Labute approximate surface area is 602 Å². The molecule has 3 aliphatic rings. The van der Waals surface area contributed by atoms with Gasteiger partial charge in [-0.1, -0.05) is 182 Å². The van der Waals surface area contributed by atoms with Crippen molar-refractivity contribution in [2.45, 2.75) is 56.7 Å². The third-order valence-electron chi connectivity index (χ3n) is 18.6. The Morgan fingerprint density at radius 3 is 1.12 bits per heavy atom. The maximum Gasteiger partial charge on any atom is 0.351 e. The number of fused-ring (bicyclic) bond motifs is 3. The molecule has 3 aliphatic heterocycles. The van der Waals surface area contributed by atoms with Crippen LogP contribution in [0.15, 0.2) is 255 Å². The van der Waals surface area contributed by atoms with Crippen molar-refractivity contribution in [2.75, 3.05) is 7.11 Å². The molecule has 22 heteroatoms. The maximum absolute atomic E-state index is 13.0. The van der Waals surface area contributed by atoms with Gasteiger partial charge in [0.25, 0.3) is 11.8 Å². The lowest BCUT2D eigenvalue weighted by molar-refractivity contribution is -0.153. The highest BCUT2D eigenvalue weighted by Crippen LogP contribution is 2.35. The Morgan fingerprint density at radius 2 is 0.752 bits per heavy atom. The second-order valence-corrected chi connectivity index (χ2v) is 25.3. The van der Waals surface area contributed by atoms with Crippen LogP contribution in [0.25, 0.3) is 66.5 Å². The zero-order valence-electron chi connectivity index (χ0n) is 56.5. The highest BCUT2D eigenvalue weighted by atomic mass is 16.6. The molecule has 8 N–H and O–H groups in total. The van der Waals surface area contributed by atoms with E-state index in [9.17, 15) is 33.6 Å². The van der Waals surface area contributed by atoms with Crippen LogP contribution >= 0.6 is 0 Å². The van der Waals surface area contributed by atoms with E-state index in [0.29, 0.717) is 61.0 Å². The number of para-hydroxylation sites is 3. The molecule has 0 saturated carbocycles. The third-order valence-corrected chi connectivity index (χ3v) is 18.6. The minimum atomic E-state index is -1.06. The molecule has 7 atom stereocenters. The minimum Gasteiger partial charge on any atom is -0.489 e. The maximum atomic E-state index is 13.0. The topological polar surface area (TPSA) is 316 Å². The van der Waals surface area contributed by atoms with E-state index in [1.54, 1.807) is 35.2 Å². The summed E-state index contributed by atoms with van der Waals surface area (Å²) < 4.78 is 23.4. The van der Waals surface area contributed by atoms with E-state index in [-0.39, 0.29) is 17.7 Å². The Bertz CT molecular complexity index is 5170. The lowest BCUT2D eigenvalue weighted by Crippen LogP contribution is -2.64. The fourth-order valence-corrected chi connectivity index (χ4v) is 12.9. The number of pyridine rings is 3. The summed E-state index contributed by atoms with van der Waals surface area (Å²) in [5, 5.41) is 37.1. The Balaban J connectivity index is 0.000000140. The zero-order valence-corrected chi connectivity index (χ0v) is 56.5. The molecule has 0 bridgehead atoms. The van der Waals surface area contributed by atoms with Gasteiger partial charge >= 0.3 is 11.9 Å². The van der Waals surface area contributed by atoms with Gasteiger partial charge in [-0.3, -0.25) is 34.4 Å². The molecular formula is C83H70N8O14. The molecule has 0 spiro atoms. The second-order valence-electron chi connectivity index (χ2n) is 25.3. The highest BCUT2D eigenvalue weighted by Gasteiger charge is 2.46. The number of rotatable bonds is 22. The molecule has 3 saturated heterocycles. The van der Waals surface area contributed by atoms with Gasteiger partial charge in [-0.25, -0.2) is 35.5 Å². The Kier molecular flexibility index (Phi) is 21.6. The van der Waals surface area contributed by atoms with Crippen LogP contribution < -0.4 is 41.1 Å². The van der Waals surface area contributed by atoms with Gasteiger partial charge in [0.1, 0.15) is 48.6 Å². The number of carbonyl (C=O) groups is 7. The summed E-state index contributed by atoms with van der Waals surface area (Å²) >= 11 is 0. The van der Waals surface area contributed by atoms with E-state index >= 15 is 0 Å². The summed E-state index contributed by atoms with van der Waals surface area (Å²) in [7, 11) is 1.31. The number of hydroxylamine groups is 2. The van der Waals surface area contributed by atoms with Gasteiger partial charge in [0, 0.05) is 49.5 Å². The summed E-state index contributed by atoms with van der Waals surface area (Å²) in [5.41, 5.74) is 16.5. The number of hydrogen-bond acceptors (Lipinski definition) is 16. The smallest absolute Gasteiger partial charge is 0.351 e. The SMILES string of the molecule is COC(=O)C(Oc1ccc(C[C@H]2C(=O)N[C@@H]2C(=O)NO)cc1)c1cc(-c2ccccc2)nc2ccccc12.O=C(NO)[C@H]1NC(=O)[C@@H]1Cc1ccc(OCc2cc(-c3ccccc3)nc3ccccc23)cc1.O=C(O)[C@H]1NC(=O)[C@@H]1Cc1ccc(OCc2cc(-c3ccccc3)nc3ccccc23)cc1. The lowest BCUT2D eigenvalue weighted by Gasteiger charge is -2.34. The number of hydrogen-bond donors (Lipinski definition) is 8. The van der Waals surface area contributed by atoms with Crippen LogP contribution in [0.5, 0.6) is 17.2 Å². The van der Waals surface area contributed by atoms with Gasteiger partial charge in [0.05, 0.1) is 58.5 Å². The van der Waals surface area contributed by atoms with Gasteiger partial charge in [0.15, 0.2) is 0 Å². The number of carboxylic acid groups (broad SMARTS) is 1. The number of ether oxygens (including phenoxy) is 4. The molecule has 105 heavy (non-hydrogen) atoms. The molecule has 0 radical (unpaired) electrons. The number of methoxy groups -OCH3 is 1. The first-order valence-corrected chi connectivity index (χ1v) is 33.8. The van der Waals surface area contributed by atoms with Gasteiger partial charge in [0.2, 0.25) is 23.8 Å². The van der Waals surface area contributed by atoms with E-state index in [0.717, 1.165) is 88.6 Å². The average molecular weight is 1400 g/mol. The molecule has 22 nitrogen and oxygen atoms in total. The van der Waals surface area contributed by atoms with E-state index < -0.39 is 65.7 Å². The normalized spacial score (nSPS) is 17.2. The molecule has 6 heterocycles. The molecular weight excluding hydrogens is 1330 g/mol. The van der Waals surface area contributed by atoms with Crippen molar-refractivity contribution >= 4 is 74.2 Å². The summed E-state index contributed by atoms with van der Waals surface area (Å²) in [5.74, 6) is -3.30. The molecule has 9 aromatic carbocycles. The summed E-state index contributed by atoms with van der Waals surface area (Å²) in [4.78, 5) is 97.3.